The van der Waals surface area contributed by atoms with E-state index in [1.54, 1.807) is 5.56 Å². The fourth-order valence-corrected chi connectivity index (χ4v) is 4.80. The third kappa shape index (κ3) is 7.03. The normalized spacial score (nSPS) is 20.1. The van der Waals surface area contributed by atoms with Crippen LogP contribution in [0.3, 0.4) is 0 Å². The van der Waals surface area contributed by atoms with Crippen LogP contribution in [0, 0.1) is 5.41 Å². The molecular weight excluding hydrogens is 352 g/mol. The molecule has 2 N–H and O–H groups in total. The van der Waals surface area contributed by atoms with Crippen molar-refractivity contribution in [2.45, 2.75) is 84.5 Å². The number of piperidine rings is 1. The van der Waals surface area contributed by atoms with Crippen LogP contribution in [-0.2, 0) is 5.41 Å². The van der Waals surface area contributed by atoms with Crippen molar-refractivity contribution in [1.29, 1.82) is 0 Å². The summed E-state index contributed by atoms with van der Waals surface area (Å²) in [5.41, 5.74) is 9.94. The van der Waals surface area contributed by atoms with Crippen molar-refractivity contribution in [3.63, 3.8) is 0 Å². The molecule has 1 saturated carbocycles. The van der Waals surface area contributed by atoms with E-state index in [0.29, 0.717) is 10.8 Å². The van der Waals surface area contributed by atoms with Crippen molar-refractivity contribution < 1.29 is 0 Å². The summed E-state index contributed by atoms with van der Waals surface area (Å²) in [7, 11) is 0. The largest absolute Gasteiger partial charge is 0.405 e. The lowest BCUT2D eigenvalue weighted by molar-refractivity contribution is 0.163. The number of hydrogen-bond acceptors (Lipinski definition) is 2. The van der Waals surface area contributed by atoms with Crippen LogP contribution in [0.2, 0.25) is 0 Å². The Balaban J connectivity index is 0.000000316. The number of nitrogens with zero attached hydrogens (tertiary/aromatic N) is 1. The standard InChI is InChI=1S/C20H29N.C5H10.C2H5N/c1-16-15-20(18-8-6-5-7-17(16)18)10-13-21(14-11-20)12-9-19(2,3)4;1-2-4-5-3-1;1-2-3/h5-8,15H,9-14H2,1-4H3;1-5H2;2H,1,3H2. The lowest BCUT2D eigenvalue weighted by Crippen LogP contribution is -2.42. The maximum atomic E-state index is 4.61. The Kier molecular flexibility index (Phi) is 9.02. The van der Waals surface area contributed by atoms with Gasteiger partial charge in [0.2, 0.25) is 0 Å². The molecule has 2 heteroatoms. The molecule has 0 unspecified atom stereocenters. The first kappa shape index (κ1) is 23.7. The molecule has 1 saturated heterocycles. The average Bonchev–Trinajstić information content (AvgIpc) is 3.34. The molecule has 2 aliphatic carbocycles. The predicted molar refractivity (Wildman–Crippen MR) is 129 cm³/mol. The second kappa shape index (κ2) is 11.0. The Labute approximate surface area is 180 Å². The van der Waals surface area contributed by atoms with Gasteiger partial charge >= 0.3 is 0 Å². The highest BCUT2D eigenvalue weighted by molar-refractivity contribution is 5.75. The summed E-state index contributed by atoms with van der Waals surface area (Å²) in [5.74, 6) is 0. The van der Waals surface area contributed by atoms with Gasteiger partial charge in [0, 0.05) is 5.41 Å². The topological polar surface area (TPSA) is 29.3 Å². The molecule has 0 aromatic heterocycles. The molecule has 1 aliphatic heterocycles. The molecule has 1 heterocycles. The molecule has 162 valence electrons. The summed E-state index contributed by atoms with van der Waals surface area (Å²) in [6, 6.07) is 9.03. The number of nitrogens with two attached hydrogens (primary N) is 1. The summed E-state index contributed by atoms with van der Waals surface area (Å²) in [6.45, 7) is 16.2. The van der Waals surface area contributed by atoms with E-state index in [0.717, 1.165) is 0 Å². The van der Waals surface area contributed by atoms with E-state index in [4.69, 9.17) is 0 Å². The number of hydrogen-bond donors (Lipinski definition) is 1. The maximum absolute atomic E-state index is 4.61. The number of allylic oxidation sites excluding steroid dienone is 2. The van der Waals surface area contributed by atoms with Crippen LogP contribution in [0.4, 0.5) is 0 Å². The first-order valence-electron chi connectivity index (χ1n) is 11.7. The van der Waals surface area contributed by atoms with Crippen LogP contribution in [-0.4, -0.2) is 24.5 Å². The van der Waals surface area contributed by atoms with Crippen LogP contribution in [0.15, 0.2) is 43.1 Å². The van der Waals surface area contributed by atoms with Gasteiger partial charge in [0.25, 0.3) is 0 Å². The summed E-state index contributed by atoms with van der Waals surface area (Å²) < 4.78 is 0. The maximum Gasteiger partial charge on any atom is 0.0168 e. The fraction of sp³-hybridized carbons (Fsp3) is 0.630. The van der Waals surface area contributed by atoms with Crippen LogP contribution in [0.5, 0.6) is 0 Å². The van der Waals surface area contributed by atoms with Gasteiger partial charge in [-0.25, -0.2) is 0 Å². The zero-order chi connectivity index (χ0) is 21.3. The van der Waals surface area contributed by atoms with Crippen molar-refractivity contribution in [3.8, 4) is 0 Å². The summed E-state index contributed by atoms with van der Waals surface area (Å²) >= 11 is 0. The van der Waals surface area contributed by atoms with Gasteiger partial charge in [-0.1, -0.05) is 89.8 Å². The van der Waals surface area contributed by atoms with E-state index < -0.39 is 0 Å². The lowest BCUT2D eigenvalue weighted by Gasteiger charge is -2.40. The zero-order valence-corrected chi connectivity index (χ0v) is 19.5. The average molecular weight is 397 g/mol. The number of likely N-dealkylation sites (tertiary alicyclic amines) is 1. The molecule has 1 aromatic carbocycles. The third-order valence-electron chi connectivity index (χ3n) is 6.56. The molecule has 29 heavy (non-hydrogen) atoms. The minimum absolute atomic E-state index is 0.332. The molecule has 1 aromatic rings. The lowest BCUT2D eigenvalue weighted by atomic mass is 9.74. The van der Waals surface area contributed by atoms with E-state index in [1.165, 1.54) is 88.3 Å². The first-order valence-corrected chi connectivity index (χ1v) is 11.7. The minimum atomic E-state index is 0.332. The highest BCUT2D eigenvalue weighted by Crippen LogP contribution is 2.46. The second-order valence-corrected chi connectivity index (χ2v) is 10.2. The van der Waals surface area contributed by atoms with Crippen LogP contribution in [0.25, 0.3) is 5.57 Å². The van der Waals surface area contributed by atoms with E-state index >= 15 is 0 Å². The van der Waals surface area contributed by atoms with Crippen molar-refractivity contribution in [1.82, 2.24) is 4.90 Å². The van der Waals surface area contributed by atoms with Gasteiger partial charge < -0.3 is 10.6 Å². The number of fused-ring (bicyclic) bond motifs is 2. The van der Waals surface area contributed by atoms with E-state index in [2.05, 4.69) is 75.2 Å². The smallest absolute Gasteiger partial charge is 0.0168 e. The first-order chi connectivity index (χ1) is 13.8. The second-order valence-electron chi connectivity index (χ2n) is 10.2. The minimum Gasteiger partial charge on any atom is -0.405 e. The van der Waals surface area contributed by atoms with Gasteiger partial charge in [-0.15, -0.1) is 0 Å². The van der Waals surface area contributed by atoms with E-state index in [9.17, 15) is 0 Å². The molecular formula is C27H44N2. The van der Waals surface area contributed by atoms with Crippen LogP contribution in [0.1, 0.15) is 90.2 Å². The SMILES string of the molecule is C1CCCC1.C=CN.CC1=CC2(CCN(CCC(C)(C)C)CC2)c2ccccc21. The quantitative estimate of drug-likeness (QED) is 0.588. The molecule has 2 nitrogen and oxygen atoms in total. The summed E-state index contributed by atoms with van der Waals surface area (Å²) in [5, 5.41) is 0. The van der Waals surface area contributed by atoms with Crippen molar-refractivity contribution >= 4 is 5.57 Å². The van der Waals surface area contributed by atoms with Crippen LogP contribution < -0.4 is 5.73 Å². The highest BCUT2D eigenvalue weighted by Gasteiger charge is 2.39. The van der Waals surface area contributed by atoms with E-state index in [-0.39, 0.29) is 0 Å². The Hall–Kier alpha value is -1.54. The molecule has 1 spiro atoms. The van der Waals surface area contributed by atoms with Crippen LogP contribution >= 0.6 is 0 Å². The van der Waals surface area contributed by atoms with Gasteiger partial charge in [-0.3, -0.25) is 0 Å². The Bertz CT molecular complexity index is 646. The summed E-state index contributed by atoms with van der Waals surface area (Å²) in [4.78, 5) is 2.67. The van der Waals surface area contributed by atoms with Gasteiger partial charge in [0.15, 0.2) is 0 Å². The van der Waals surface area contributed by atoms with E-state index in [1.807, 2.05) is 0 Å². The predicted octanol–water partition coefficient (Wildman–Crippen LogP) is 6.91. The molecule has 0 amide bonds. The van der Waals surface area contributed by atoms with Crippen molar-refractivity contribution in [3.05, 3.63) is 54.2 Å². The zero-order valence-electron chi connectivity index (χ0n) is 19.5. The Morgan fingerprint density at radius 1 is 1.03 bits per heavy atom. The number of rotatable bonds is 2. The highest BCUT2D eigenvalue weighted by atomic mass is 15.1. The molecule has 0 atom stereocenters. The van der Waals surface area contributed by atoms with Gasteiger partial charge in [-0.05, 0) is 74.1 Å². The Morgan fingerprint density at radius 2 is 1.55 bits per heavy atom. The molecule has 0 radical (unpaired) electrons. The molecule has 2 fully saturated rings. The van der Waals surface area contributed by atoms with Gasteiger partial charge in [-0.2, -0.15) is 0 Å². The molecule has 4 rings (SSSR count). The van der Waals surface area contributed by atoms with Crippen molar-refractivity contribution in [2.75, 3.05) is 19.6 Å². The monoisotopic (exact) mass is 396 g/mol. The molecule has 0 bridgehead atoms. The molecule has 3 aliphatic rings. The van der Waals surface area contributed by atoms with Crippen molar-refractivity contribution in [2.24, 2.45) is 11.1 Å². The number of benzene rings is 1. The summed E-state index contributed by atoms with van der Waals surface area (Å²) in [6.07, 6.45) is 15.2. The fourth-order valence-electron chi connectivity index (χ4n) is 4.80. The Morgan fingerprint density at radius 3 is 2.07 bits per heavy atom. The van der Waals surface area contributed by atoms with Gasteiger partial charge in [0.05, 0.1) is 0 Å². The van der Waals surface area contributed by atoms with Gasteiger partial charge in [0.1, 0.15) is 0 Å². The third-order valence-corrected chi connectivity index (χ3v) is 6.56.